The zero-order chi connectivity index (χ0) is 18.1. The molecule has 0 aromatic heterocycles. The third-order valence-electron chi connectivity index (χ3n) is 4.81. The fourth-order valence-corrected chi connectivity index (χ4v) is 3.66. The standard InChI is InChI=1S/C23H30O2/c1-4-17-25-18-11-16-22(24)23(19(2)3,20-12-7-5-8-13-20)21-14-9-6-10-15-21/h5-10,12-15,19H,4,11,16-18H2,1-3H3. The van der Waals surface area contributed by atoms with E-state index >= 15 is 0 Å². The number of rotatable bonds is 10. The summed E-state index contributed by atoms with van der Waals surface area (Å²) in [6.45, 7) is 7.80. The van der Waals surface area contributed by atoms with Crippen molar-refractivity contribution in [3.05, 3.63) is 71.8 Å². The van der Waals surface area contributed by atoms with Crippen LogP contribution in [0, 0.1) is 5.92 Å². The van der Waals surface area contributed by atoms with Crippen LogP contribution in [0.15, 0.2) is 60.7 Å². The summed E-state index contributed by atoms with van der Waals surface area (Å²) >= 11 is 0. The lowest BCUT2D eigenvalue weighted by atomic mass is 9.63. The fourth-order valence-electron chi connectivity index (χ4n) is 3.66. The highest BCUT2D eigenvalue weighted by Crippen LogP contribution is 2.41. The van der Waals surface area contributed by atoms with Gasteiger partial charge in [-0.05, 0) is 29.9 Å². The molecule has 0 heterocycles. The molecule has 0 spiro atoms. The summed E-state index contributed by atoms with van der Waals surface area (Å²) in [6, 6.07) is 20.4. The summed E-state index contributed by atoms with van der Waals surface area (Å²) < 4.78 is 5.57. The summed E-state index contributed by atoms with van der Waals surface area (Å²) in [5, 5.41) is 0. The largest absolute Gasteiger partial charge is 0.381 e. The first-order valence-corrected chi connectivity index (χ1v) is 9.36. The van der Waals surface area contributed by atoms with E-state index in [1.807, 2.05) is 36.4 Å². The number of benzene rings is 2. The molecule has 0 saturated heterocycles. The SMILES string of the molecule is CCCOCCCC(=O)C(c1ccccc1)(c1ccccc1)C(C)C. The van der Waals surface area contributed by atoms with Crippen molar-refractivity contribution >= 4 is 5.78 Å². The lowest BCUT2D eigenvalue weighted by molar-refractivity contribution is -0.125. The smallest absolute Gasteiger partial charge is 0.148 e. The van der Waals surface area contributed by atoms with Gasteiger partial charge in [0, 0.05) is 19.6 Å². The molecule has 2 aromatic carbocycles. The maximum Gasteiger partial charge on any atom is 0.148 e. The van der Waals surface area contributed by atoms with E-state index < -0.39 is 5.41 Å². The molecule has 0 radical (unpaired) electrons. The molecular formula is C23H30O2. The van der Waals surface area contributed by atoms with E-state index in [9.17, 15) is 4.79 Å². The summed E-state index contributed by atoms with van der Waals surface area (Å²) in [5.74, 6) is 0.446. The second-order valence-corrected chi connectivity index (χ2v) is 6.83. The van der Waals surface area contributed by atoms with Crippen molar-refractivity contribution in [1.82, 2.24) is 0 Å². The van der Waals surface area contributed by atoms with Gasteiger partial charge in [-0.15, -0.1) is 0 Å². The van der Waals surface area contributed by atoms with Gasteiger partial charge in [0.2, 0.25) is 0 Å². The Morgan fingerprint density at radius 3 is 1.88 bits per heavy atom. The maximum absolute atomic E-state index is 13.5. The molecule has 2 nitrogen and oxygen atoms in total. The van der Waals surface area contributed by atoms with Gasteiger partial charge in [-0.25, -0.2) is 0 Å². The van der Waals surface area contributed by atoms with Crippen LogP contribution in [0.4, 0.5) is 0 Å². The van der Waals surface area contributed by atoms with Crippen LogP contribution in [-0.2, 0) is 14.9 Å². The first kappa shape index (κ1) is 19.4. The molecule has 0 aliphatic carbocycles. The van der Waals surface area contributed by atoms with Gasteiger partial charge in [-0.2, -0.15) is 0 Å². The summed E-state index contributed by atoms with van der Waals surface area (Å²) in [4.78, 5) is 13.5. The van der Waals surface area contributed by atoms with Gasteiger partial charge in [0.1, 0.15) is 5.78 Å². The van der Waals surface area contributed by atoms with Gasteiger partial charge in [0.05, 0.1) is 5.41 Å². The molecule has 0 aliphatic heterocycles. The number of Topliss-reactive ketones (excluding diaryl/α,β-unsaturated/α-hetero) is 1. The predicted octanol–water partition coefficient (Wildman–Crippen LogP) is 5.40. The van der Waals surface area contributed by atoms with Crippen LogP contribution in [-0.4, -0.2) is 19.0 Å². The molecule has 0 N–H and O–H groups in total. The van der Waals surface area contributed by atoms with Crippen molar-refractivity contribution in [3.63, 3.8) is 0 Å². The van der Waals surface area contributed by atoms with E-state index in [0.29, 0.717) is 13.0 Å². The van der Waals surface area contributed by atoms with E-state index in [1.165, 1.54) is 0 Å². The molecule has 134 valence electrons. The Balaban J connectivity index is 2.36. The van der Waals surface area contributed by atoms with E-state index in [4.69, 9.17) is 4.74 Å². The Morgan fingerprint density at radius 2 is 1.44 bits per heavy atom. The monoisotopic (exact) mass is 338 g/mol. The van der Waals surface area contributed by atoms with Crippen LogP contribution in [0.1, 0.15) is 51.2 Å². The minimum atomic E-state index is -0.604. The minimum absolute atomic E-state index is 0.168. The molecular weight excluding hydrogens is 308 g/mol. The number of hydrogen-bond donors (Lipinski definition) is 0. The van der Waals surface area contributed by atoms with E-state index in [0.717, 1.165) is 30.6 Å². The number of ether oxygens (including phenoxy) is 1. The van der Waals surface area contributed by atoms with Gasteiger partial charge in [-0.3, -0.25) is 4.79 Å². The molecule has 0 saturated carbocycles. The molecule has 2 heteroatoms. The number of ketones is 1. The number of carbonyl (C=O) groups is 1. The molecule has 0 amide bonds. The lowest BCUT2D eigenvalue weighted by Gasteiger charge is -2.37. The van der Waals surface area contributed by atoms with Gasteiger partial charge < -0.3 is 4.74 Å². The van der Waals surface area contributed by atoms with Crippen LogP contribution in [0.3, 0.4) is 0 Å². The van der Waals surface area contributed by atoms with Crippen molar-refractivity contribution in [1.29, 1.82) is 0 Å². The van der Waals surface area contributed by atoms with Crippen LogP contribution in [0.2, 0.25) is 0 Å². The molecule has 2 aromatic rings. The second kappa shape index (κ2) is 9.53. The Kier molecular flexibility index (Phi) is 7.39. The van der Waals surface area contributed by atoms with Crippen LogP contribution in [0.5, 0.6) is 0 Å². The van der Waals surface area contributed by atoms with Crippen LogP contribution < -0.4 is 0 Å². The highest BCUT2D eigenvalue weighted by Gasteiger charge is 2.43. The molecule has 0 atom stereocenters. The highest BCUT2D eigenvalue weighted by atomic mass is 16.5. The average molecular weight is 338 g/mol. The first-order chi connectivity index (χ1) is 12.1. The molecule has 0 aliphatic rings. The lowest BCUT2D eigenvalue weighted by Crippen LogP contribution is -2.42. The van der Waals surface area contributed by atoms with Crippen molar-refractivity contribution in [2.24, 2.45) is 5.92 Å². The van der Waals surface area contributed by atoms with Gasteiger partial charge >= 0.3 is 0 Å². The highest BCUT2D eigenvalue weighted by molar-refractivity contribution is 5.94. The van der Waals surface area contributed by atoms with E-state index in [-0.39, 0.29) is 11.7 Å². The third kappa shape index (κ3) is 4.38. The van der Waals surface area contributed by atoms with Crippen molar-refractivity contribution in [3.8, 4) is 0 Å². The topological polar surface area (TPSA) is 26.3 Å². The maximum atomic E-state index is 13.5. The Morgan fingerprint density at radius 1 is 0.920 bits per heavy atom. The quantitative estimate of drug-likeness (QED) is 0.542. The Bertz CT molecular complexity index is 592. The zero-order valence-corrected chi connectivity index (χ0v) is 15.7. The summed E-state index contributed by atoms with van der Waals surface area (Å²) in [5.41, 5.74) is 1.55. The summed E-state index contributed by atoms with van der Waals surface area (Å²) in [7, 11) is 0. The molecule has 2 rings (SSSR count). The molecule has 0 fully saturated rings. The van der Waals surface area contributed by atoms with Gasteiger partial charge in [0.15, 0.2) is 0 Å². The number of hydrogen-bond acceptors (Lipinski definition) is 2. The minimum Gasteiger partial charge on any atom is -0.381 e. The van der Waals surface area contributed by atoms with Gasteiger partial charge in [0.25, 0.3) is 0 Å². The normalized spacial score (nSPS) is 11.7. The van der Waals surface area contributed by atoms with Gasteiger partial charge in [-0.1, -0.05) is 81.4 Å². The third-order valence-corrected chi connectivity index (χ3v) is 4.81. The summed E-state index contributed by atoms with van der Waals surface area (Å²) in [6.07, 6.45) is 2.32. The van der Waals surface area contributed by atoms with Crippen molar-refractivity contribution < 1.29 is 9.53 Å². The molecule has 0 bridgehead atoms. The van der Waals surface area contributed by atoms with E-state index in [2.05, 4.69) is 45.0 Å². The van der Waals surface area contributed by atoms with Crippen LogP contribution >= 0.6 is 0 Å². The molecule has 25 heavy (non-hydrogen) atoms. The van der Waals surface area contributed by atoms with E-state index in [1.54, 1.807) is 0 Å². The zero-order valence-electron chi connectivity index (χ0n) is 15.7. The van der Waals surface area contributed by atoms with Crippen molar-refractivity contribution in [2.45, 2.75) is 45.4 Å². The predicted molar refractivity (Wildman–Crippen MR) is 104 cm³/mol. The first-order valence-electron chi connectivity index (χ1n) is 9.36. The molecule has 0 unspecified atom stereocenters. The van der Waals surface area contributed by atoms with Crippen LogP contribution in [0.25, 0.3) is 0 Å². The average Bonchev–Trinajstić information content (AvgIpc) is 2.64. The fraction of sp³-hybridized carbons (Fsp3) is 0.435. The Labute approximate surface area is 152 Å². The second-order valence-electron chi connectivity index (χ2n) is 6.83. The van der Waals surface area contributed by atoms with Crippen molar-refractivity contribution in [2.75, 3.05) is 13.2 Å². The number of carbonyl (C=O) groups excluding carboxylic acids is 1. The Hall–Kier alpha value is -1.93.